The van der Waals surface area contributed by atoms with Crippen molar-refractivity contribution in [3.05, 3.63) is 89.0 Å². The standard InChI is InChI=1S/C39H48N4O7Si/c1-24-36(51(3,4)48)34(20-35(45)42-22-27-9-6-5-8-26(27)18-29(42)23-44)50-39(24)31-19-30(49-2)15-16-33(31)43(38(39)47)21-25-11-13-28(14-12-25)41-37(46)32-10-7-17-40-32/h5-6,8-9,11-16,19,24,29,32,34,36,40,44,48H,7,10,17-18,20-23H2,1-4H3,(H,41,46)/t24-,29+,32-,34+,36-,39+/m1/s1. The summed E-state index contributed by atoms with van der Waals surface area (Å²) in [5.74, 6) is -0.360. The molecule has 3 amide bonds. The van der Waals surface area contributed by atoms with Gasteiger partial charge in [-0.05, 0) is 85.9 Å². The van der Waals surface area contributed by atoms with Gasteiger partial charge >= 0.3 is 0 Å². The summed E-state index contributed by atoms with van der Waals surface area (Å²) in [6.45, 7) is 6.95. The number of benzene rings is 3. The lowest BCUT2D eigenvalue weighted by Crippen LogP contribution is -2.48. The Labute approximate surface area is 300 Å². The molecule has 1 spiro atoms. The third-order valence-electron chi connectivity index (χ3n) is 11.4. The van der Waals surface area contributed by atoms with Gasteiger partial charge in [-0.1, -0.05) is 43.3 Å². The molecule has 51 heavy (non-hydrogen) atoms. The highest BCUT2D eigenvalue weighted by atomic mass is 28.4. The number of hydrogen-bond donors (Lipinski definition) is 4. The van der Waals surface area contributed by atoms with E-state index in [0.29, 0.717) is 35.7 Å². The van der Waals surface area contributed by atoms with Gasteiger partial charge in [0.2, 0.25) is 11.8 Å². The number of aliphatic hydroxyl groups is 1. The fourth-order valence-corrected chi connectivity index (χ4v) is 11.4. The molecule has 0 saturated carbocycles. The van der Waals surface area contributed by atoms with Crippen molar-refractivity contribution in [1.82, 2.24) is 10.2 Å². The van der Waals surface area contributed by atoms with Gasteiger partial charge in [-0.15, -0.1) is 0 Å². The topological polar surface area (TPSA) is 141 Å². The van der Waals surface area contributed by atoms with Crippen LogP contribution in [0.15, 0.2) is 66.7 Å². The van der Waals surface area contributed by atoms with Crippen molar-refractivity contribution in [2.75, 3.05) is 30.5 Å². The van der Waals surface area contributed by atoms with E-state index in [1.54, 1.807) is 16.9 Å². The fraction of sp³-hybridized carbons (Fsp3) is 0.462. The summed E-state index contributed by atoms with van der Waals surface area (Å²) in [4.78, 5) is 56.9. The highest BCUT2D eigenvalue weighted by Crippen LogP contribution is 2.60. The number of rotatable bonds is 9. The largest absolute Gasteiger partial charge is 0.497 e. The summed E-state index contributed by atoms with van der Waals surface area (Å²) in [6.07, 6.45) is 1.60. The molecule has 3 aromatic carbocycles. The second kappa shape index (κ2) is 13.8. The number of aliphatic hydroxyl groups excluding tert-OH is 1. The highest BCUT2D eigenvalue weighted by Gasteiger charge is 2.66. The summed E-state index contributed by atoms with van der Waals surface area (Å²) in [5.41, 5.74) is 3.18. The first kappa shape index (κ1) is 35.3. The molecule has 11 nitrogen and oxygen atoms in total. The molecular weight excluding hydrogens is 665 g/mol. The molecule has 0 radical (unpaired) electrons. The number of fused-ring (bicyclic) bond motifs is 3. The summed E-state index contributed by atoms with van der Waals surface area (Å²) in [7, 11) is -1.45. The predicted octanol–water partition coefficient (Wildman–Crippen LogP) is 4.07. The lowest BCUT2D eigenvalue weighted by molar-refractivity contribution is -0.151. The van der Waals surface area contributed by atoms with E-state index in [2.05, 4.69) is 10.6 Å². The molecular formula is C39H48N4O7Si. The van der Waals surface area contributed by atoms with Crippen LogP contribution in [-0.2, 0) is 44.2 Å². The van der Waals surface area contributed by atoms with E-state index in [9.17, 15) is 24.3 Å². The molecule has 12 heteroatoms. The van der Waals surface area contributed by atoms with Crippen molar-refractivity contribution in [3.63, 3.8) is 0 Å². The van der Waals surface area contributed by atoms with Gasteiger partial charge in [-0.3, -0.25) is 14.4 Å². The summed E-state index contributed by atoms with van der Waals surface area (Å²) in [5, 5.41) is 16.5. The normalized spacial score (nSPS) is 27.1. The second-order valence-electron chi connectivity index (χ2n) is 15.0. The molecule has 0 bridgehead atoms. The van der Waals surface area contributed by atoms with Crippen LogP contribution in [0.25, 0.3) is 0 Å². The van der Waals surface area contributed by atoms with Gasteiger partial charge in [0.05, 0.1) is 50.6 Å². The minimum atomic E-state index is -3.03. The van der Waals surface area contributed by atoms with E-state index in [4.69, 9.17) is 9.47 Å². The molecule has 6 atom stereocenters. The number of ether oxygens (including phenoxy) is 2. The zero-order chi connectivity index (χ0) is 36.1. The van der Waals surface area contributed by atoms with Gasteiger partial charge in [-0.25, -0.2) is 0 Å². The molecule has 2 saturated heterocycles. The van der Waals surface area contributed by atoms with E-state index in [1.807, 2.05) is 86.7 Å². The minimum Gasteiger partial charge on any atom is -0.497 e. The molecule has 4 heterocycles. The Morgan fingerprint density at radius 3 is 2.51 bits per heavy atom. The minimum absolute atomic E-state index is 0.0252. The van der Waals surface area contributed by atoms with Crippen LogP contribution in [0.3, 0.4) is 0 Å². The number of carbonyl (C=O) groups excluding carboxylic acids is 3. The van der Waals surface area contributed by atoms with Gasteiger partial charge < -0.3 is 39.8 Å². The fourth-order valence-electron chi connectivity index (χ4n) is 8.89. The first-order chi connectivity index (χ1) is 24.4. The van der Waals surface area contributed by atoms with Crippen LogP contribution in [0.4, 0.5) is 11.4 Å². The molecule has 0 unspecified atom stereocenters. The molecule has 0 aromatic heterocycles. The Balaban J connectivity index is 1.17. The zero-order valence-corrected chi connectivity index (χ0v) is 30.7. The maximum Gasteiger partial charge on any atom is 0.264 e. The van der Waals surface area contributed by atoms with E-state index < -0.39 is 31.5 Å². The first-order valence-electron chi connectivity index (χ1n) is 18.0. The van der Waals surface area contributed by atoms with Crippen LogP contribution in [0, 0.1) is 5.92 Å². The van der Waals surface area contributed by atoms with Gasteiger partial charge in [0.1, 0.15) is 5.75 Å². The van der Waals surface area contributed by atoms with Gasteiger partial charge in [0.25, 0.3) is 5.91 Å². The third-order valence-corrected chi connectivity index (χ3v) is 13.9. The number of anilines is 2. The van der Waals surface area contributed by atoms with Crippen molar-refractivity contribution >= 4 is 37.4 Å². The van der Waals surface area contributed by atoms with E-state index in [1.165, 1.54) is 0 Å². The van der Waals surface area contributed by atoms with E-state index >= 15 is 0 Å². The Morgan fingerprint density at radius 2 is 1.84 bits per heavy atom. The number of methoxy groups -OCH3 is 1. The van der Waals surface area contributed by atoms with Crippen LogP contribution in [0.5, 0.6) is 5.75 Å². The van der Waals surface area contributed by atoms with Gasteiger partial charge in [0, 0.05) is 29.3 Å². The summed E-state index contributed by atoms with van der Waals surface area (Å²) in [6, 6.07) is 20.4. The summed E-state index contributed by atoms with van der Waals surface area (Å²) < 4.78 is 12.6. The second-order valence-corrected chi connectivity index (χ2v) is 19.0. The van der Waals surface area contributed by atoms with Crippen molar-refractivity contribution in [3.8, 4) is 5.75 Å². The van der Waals surface area contributed by atoms with Crippen LogP contribution < -0.4 is 20.3 Å². The third kappa shape index (κ3) is 6.37. The smallest absolute Gasteiger partial charge is 0.264 e. The van der Waals surface area contributed by atoms with Gasteiger partial charge in [0.15, 0.2) is 13.9 Å². The molecule has 0 aliphatic carbocycles. The molecule has 7 rings (SSSR count). The summed E-state index contributed by atoms with van der Waals surface area (Å²) >= 11 is 0. The Kier molecular flexibility index (Phi) is 9.57. The van der Waals surface area contributed by atoms with Crippen molar-refractivity contribution < 1.29 is 33.8 Å². The lowest BCUT2D eigenvalue weighted by Gasteiger charge is -2.37. The number of carbonyl (C=O) groups is 3. The Bertz CT molecular complexity index is 1810. The molecule has 3 aromatic rings. The maximum atomic E-state index is 14.9. The van der Waals surface area contributed by atoms with Crippen molar-refractivity contribution in [2.24, 2.45) is 5.92 Å². The first-order valence-corrected chi connectivity index (χ1v) is 21.0. The molecule has 4 aliphatic rings. The van der Waals surface area contributed by atoms with Crippen LogP contribution >= 0.6 is 0 Å². The average Bonchev–Trinajstić information content (AvgIpc) is 3.82. The molecule has 4 N–H and O–H groups in total. The maximum absolute atomic E-state index is 14.9. The number of nitrogens with one attached hydrogen (secondary N) is 2. The van der Waals surface area contributed by atoms with Crippen molar-refractivity contribution in [1.29, 1.82) is 0 Å². The average molecular weight is 713 g/mol. The molecule has 2 fully saturated rings. The number of hydrogen-bond acceptors (Lipinski definition) is 8. The zero-order valence-electron chi connectivity index (χ0n) is 29.7. The molecule has 270 valence electrons. The Morgan fingerprint density at radius 1 is 1.10 bits per heavy atom. The quantitative estimate of drug-likeness (QED) is 0.244. The lowest BCUT2D eigenvalue weighted by atomic mass is 9.82. The highest BCUT2D eigenvalue weighted by molar-refractivity contribution is 6.71. The SMILES string of the molecule is COc1ccc2c(c1)[C@]1(O[C@@H](CC(=O)N3Cc4ccccc4C[C@H]3CO)[C@H]([Si](C)(C)O)[C@H]1C)C(=O)N2Cc1ccc(NC(=O)[C@H]2CCCN2)cc1. The predicted molar refractivity (Wildman–Crippen MR) is 196 cm³/mol. The van der Waals surface area contributed by atoms with Crippen LogP contribution in [-0.4, -0.2) is 79.3 Å². The van der Waals surface area contributed by atoms with Crippen molar-refractivity contribution in [2.45, 2.75) is 88.1 Å². The van der Waals surface area contributed by atoms with Crippen LogP contribution in [0.1, 0.15) is 48.4 Å². The van der Waals surface area contributed by atoms with E-state index in [0.717, 1.165) is 36.1 Å². The van der Waals surface area contributed by atoms with E-state index in [-0.39, 0.29) is 49.4 Å². The monoisotopic (exact) mass is 712 g/mol. The van der Waals surface area contributed by atoms with Crippen LogP contribution in [0.2, 0.25) is 18.6 Å². The number of nitrogens with zero attached hydrogens (tertiary/aromatic N) is 2. The number of amides is 3. The molecule has 4 aliphatic heterocycles. The van der Waals surface area contributed by atoms with Gasteiger partial charge in [-0.2, -0.15) is 0 Å². The Hall–Kier alpha value is -4.07.